The molecule has 124 valence electrons. The minimum Gasteiger partial charge on any atom is -0.269 e. The van der Waals surface area contributed by atoms with Crippen LogP contribution in [0.4, 0.5) is 0 Å². The Morgan fingerprint density at radius 2 is 2.12 bits per heavy atom. The molecule has 0 N–H and O–H groups in total. The second kappa shape index (κ2) is 6.64. The number of aromatic nitrogens is 6. The number of pyridine rings is 1. The lowest BCUT2D eigenvalue weighted by Crippen LogP contribution is -2.15. The summed E-state index contributed by atoms with van der Waals surface area (Å²) in [5.74, 6) is 0.564. The average molecular weight is 407 g/mol. The van der Waals surface area contributed by atoms with E-state index in [1.807, 2.05) is 16.8 Å². The van der Waals surface area contributed by atoms with Crippen LogP contribution in [0, 0.1) is 0 Å². The Bertz CT molecular complexity index is 933. The maximum Gasteiger partial charge on any atom is 0.258 e. The lowest BCUT2D eigenvalue weighted by Gasteiger charge is -2.10. The van der Waals surface area contributed by atoms with Crippen LogP contribution in [-0.2, 0) is 5.75 Å². The Morgan fingerprint density at radius 3 is 2.96 bits per heavy atom. The average Bonchev–Trinajstić information content (AvgIpc) is 3.24. The Balaban J connectivity index is 1.56. The summed E-state index contributed by atoms with van der Waals surface area (Å²) in [4.78, 5) is 16.8. The molecule has 9 heteroatoms. The molecule has 7 nitrogen and oxygen atoms in total. The van der Waals surface area contributed by atoms with Gasteiger partial charge in [0.05, 0.1) is 11.7 Å². The van der Waals surface area contributed by atoms with Crippen molar-refractivity contribution in [2.45, 2.75) is 42.6 Å². The second-order valence-corrected chi connectivity index (χ2v) is 7.65. The number of fused-ring (bicyclic) bond motifs is 1. The largest absolute Gasteiger partial charge is 0.269 e. The number of hydrogen-bond acceptors (Lipinski definition) is 6. The summed E-state index contributed by atoms with van der Waals surface area (Å²) in [5, 5.41) is 12.8. The Kier molecular flexibility index (Phi) is 4.36. The fourth-order valence-corrected chi connectivity index (χ4v) is 4.17. The quantitative estimate of drug-likeness (QED) is 0.619. The number of tetrazole rings is 1. The van der Waals surface area contributed by atoms with E-state index < -0.39 is 0 Å². The third kappa shape index (κ3) is 3.10. The van der Waals surface area contributed by atoms with Gasteiger partial charge >= 0.3 is 0 Å². The molecule has 0 bridgehead atoms. The molecule has 0 spiro atoms. The number of hydrogen-bond donors (Lipinski definition) is 0. The Labute approximate surface area is 150 Å². The lowest BCUT2D eigenvalue weighted by atomic mass is 10.3. The van der Waals surface area contributed by atoms with Gasteiger partial charge in [-0.2, -0.15) is 0 Å². The summed E-state index contributed by atoms with van der Waals surface area (Å²) in [6.45, 7) is 0. The summed E-state index contributed by atoms with van der Waals surface area (Å²) >= 11 is 4.89. The van der Waals surface area contributed by atoms with Gasteiger partial charge in [0.2, 0.25) is 5.16 Å². The first-order valence-corrected chi connectivity index (χ1v) is 9.57. The van der Waals surface area contributed by atoms with Crippen molar-refractivity contribution in [3.8, 4) is 0 Å². The molecule has 0 atom stereocenters. The minimum atomic E-state index is -0.0905. The molecule has 0 aliphatic heterocycles. The molecule has 0 amide bonds. The molecule has 1 aliphatic rings. The van der Waals surface area contributed by atoms with Crippen molar-refractivity contribution in [2.24, 2.45) is 0 Å². The van der Waals surface area contributed by atoms with E-state index in [-0.39, 0.29) is 5.56 Å². The summed E-state index contributed by atoms with van der Waals surface area (Å²) in [6.07, 6.45) is 6.44. The molecule has 0 radical (unpaired) electrons. The third-order valence-corrected chi connectivity index (χ3v) is 5.59. The summed E-state index contributed by atoms with van der Waals surface area (Å²) in [6, 6.07) is 5.66. The van der Waals surface area contributed by atoms with Crippen molar-refractivity contribution in [3.05, 3.63) is 44.9 Å². The molecular formula is C15H15BrN6OS. The van der Waals surface area contributed by atoms with Gasteiger partial charge in [-0.3, -0.25) is 9.20 Å². The van der Waals surface area contributed by atoms with Crippen LogP contribution in [0.25, 0.3) is 5.65 Å². The maximum absolute atomic E-state index is 12.2. The summed E-state index contributed by atoms with van der Waals surface area (Å²) in [5.41, 5.74) is 1.28. The molecule has 4 rings (SSSR count). The lowest BCUT2D eigenvalue weighted by molar-refractivity contribution is 0.423. The normalized spacial score (nSPS) is 15.4. The van der Waals surface area contributed by atoms with Crippen LogP contribution in [0.15, 0.2) is 38.8 Å². The van der Waals surface area contributed by atoms with E-state index in [1.165, 1.54) is 29.0 Å². The van der Waals surface area contributed by atoms with Crippen LogP contribution in [0.1, 0.15) is 37.4 Å². The Morgan fingerprint density at radius 1 is 1.29 bits per heavy atom. The molecular weight excluding hydrogens is 392 g/mol. The number of nitrogens with zero attached hydrogens (tertiary/aromatic N) is 6. The van der Waals surface area contributed by atoms with E-state index in [4.69, 9.17) is 0 Å². The van der Waals surface area contributed by atoms with Gasteiger partial charge in [0.1, 0.15) is 5.65 Å². The highest BCUT2D eigenvalue weighted by molar-refractivity contribution is 9.10. The van der Waals surface area contributed by atoms with Gasteiger partial charge < -0.3 is 0 Å². The van der Waals surface area contributed by atoms with Crippen molar-refractivity contribution >= 4 is 33.3 Å². The minimum absolute atomic E-state index is 0.0905. The molecule has 1 aliphatic carbocycles. The Hall–Kier alpha value is -1.74. The van der Waals surface area contributed by atoms with E-state index in [1.54, 1.807) is 12.3 Å². The zero-order chi connectivity index (χ0) is 16.5. The van der Waals surface area contributed by atoms with Crippen molar-refractivity contribution in [2.75, 3.05) is 0 Å². The van der Waals surface area contributed by atoms with Crippen molar-refractivity contribution < 1.29 is 0 Å². The first-order valence-electron chi connectivity index (χ1n) is 7.79. The number of halogens is 1. The monoisotopic (exact) mass is 406 g/mol. The smallest absolute Gasteiger partial charge is 0.258 e. The maximum atomic E-state index is 12.2. The fraction of sp³-hybridized carbons (Fsp3) is 0.400. The SMILES string of the molecule is O=c1cc(CSc2nnnn2C2CCCC2)nc2ccc(Br)cn12. The van der Waals surface area contributed by atoms with Gasteiger partial charge in [-0.1, -0.05) is 24.6 Å². The zero-order valence-electron chi connectivity index (χ0n) is 12.8. The predicted octanol–water partition coefficient (Wildman–Crippen LogP) is 2.85. The van der Waals surface area contributed by atoms with Crippen molar-refractivity contribution in [1.82, 2.24) is 29.6 Å². The molecule has 3 aromatic heterocycles. The summed E-state index contributed by atoms with van der Waals surface area (Å²) < 4.78 is 4.29. The highest BCUT2D eigenvalue weighted by Crippen LogP contribution is 2.32. The predicted molar refractivity (Wildman–Crippen MR) is 94.0 cm³/mol. The molecule has 1 fully saturated rings. The number of thioether (sulfide) groups is 1. The van der Waals surface area contributed by atoms with Crippen LogP contribution >= 0.6 is 27.7 Å². The van der Waals surface area contributed by atoms with Crippen LogP contribution in [-0.4, -0.2) is 29.6 Å². The van der Waals surface area contributed by atoms with Gasteiger partial charge in [0, 0.05) is 22.5 Å². The van der Waals surface area contributed by atoms with Gasteiger partial charge in [-0.15, -0.1) is 5.10 Å². The van der Waals surface area contributed by atoms with Crippen molar-refractivity contribution in [3.63, 3.8) is 0 Å². The van der Waals surface area contributed by atoms with E-state index in [0.29, 0.717) is 17.4 Å². The van der Waals surface area contributed by atoms with E-state index in [9.17, 15) is 4.79 Å². The van der Waals surface area contributed by atoms with Crippen LogP contribution in [0.3, 0.4) is 0 Å². The van der Waals surface area contributed by atoms with Crippen LogP contribution in [0.5, 0.6) is 0 Å². The van der Waals surface area contributed by atoms with E-state index in [2.05, 4.69) is 36.4 Å². The highest BCUT2D eigenvalue weighted by atomic mass is 79.9. The molecule has 0 saturated heterocycles. The standard InChI is InChI=1S/C15H15BrN6OS/c16-10-5-6-13-17-11(7-14(23)21(13)8-10)9-24-15-18-19-20-22(15)12-3-1-2-4-12/h5-8,12H,1-4,9H2. The molecule has 0 unspecified atom stereocenters. The van der Waals surface area contributed by atoms with Gasteiger partial charge in [-0.05, 0) is 51.3 Å². The molecule has 24 heavy (non-hydrogen) atoms. The molecule has 0 aromatic carbocycles. The van der Waals surface area contributed by atoms with Gasteiger partial charge in [0.15, 0.2) is 0 Å². The summed E-state index contributed by atoms with van der Waals surface area (Å²) in [7, 11) is 0. The molecule has 1 saturated carbocycles. The molecule has 3 heterocycles. The first-order chi connectivity index (χ1) is 11.7. The van der Waals surface area contributed by atoms with Crippen LogP contribution < -0.4 is 5.56 Å². The van der Waals surface area contributed by atoms with Crippen molar-refractivity contribution in [1.29, 1.82) is 0 Å². The van der Waals surface area contributed by atoms with Crippen LogP contribution in [0.2, 0.25) is 0 Å². The van der Waals surface area contributed by atoms with Gasteiger partial charge in [0.25, 0.3) is 5.56 Å². The number of rotatable bonds is 4. The first kappa shape index (κ1) is 15.8. The highest BCUT2D eigenvalue weighted by Gasteiger charge is 2.21. The second-order valence-electron chi connectivity index (χ2n) is 5.79. The van der Waals surface area contributed by atoms with E-state index >= 15 is 0 Å². The van der Waals surface area contributed by atoms with Gasteiger partial charge in [-0.25, -0.2) is 9.67 Å². The third-order valence-electron chi connectivity index (χ3n) is 4.16. The van der Waals surface area contributed by atoms with E-state index in [0.717, 1.165) is 28.2 Å². The molecule has 3 aromatic rings. The zero-order valence-corrected chi connectivity index (χ0v) is 15.2. The fourth-order valence-electron chi connectivity index (χ4n) is 3.00. The topological polar surface area (TPSA) is 78.0 Å².